The molecular formula is C18H34. The van der Waals surface area contributed by atoms with Gasteiger partial charge in [-0.25, -0.2) is 0 Å². The van der Waals surface area contributed by atoms with Gasteiger partial charge in [-0.15, -0.1) is 0 Å². The first-order valence-corrected chi connectivity index (χ1v) is 8.18. The van der Waals surface area contributed by atoms with Gasteiger partial charge in [0, 0.05) is 0 Å². The molecule has 0 aromatic heterocycles. The maximum absolute atomic E-state index is 2.39. The summed E-state index contributed by atoms with van der Waals surface area (Å²) in [6.45, 7) is 4.38. The minimum Gasteiger partial charge on any atom is -0.0917 e. The second kappa shape index (κ2) is 16.5. The fourth-order valence-corrected chi connectivity index (χ4v) is 2.15. The molecule has 0 aromatic rings. The Bertz CT molecular complexity index is 188. The lowest BCUT2D eigenvalue weighted by Crippen LogP contribution is -1.79. The summed E-state index contributed by atoms with van der Waals surface area (Å²) in [5.74, 6) is 0. The molecule has 0 heteroatoms. The lowest BCUT2D eigenvalue weighted by Gasteiger charge is -1.99. The predicted octanol–water partition coefficient (Wildman–Crippen LogP) is 6.82. The van der Waals surface area contributed by atoms with Gasteiger partial charge in [-0.2, -0.15) is 0 Å². The van der Waals surface area contributed by atoms with Crippen LogP contribution in [0.1, 0.15) is 90.9 Å². The highest BCUT2D eigenvalue weighted by Gasteiger charge is 1.89. The van der Waals surface area contributed by atoms with Crippen LogP contribution in [0.4, 0.5) is 0 Å². The molecule has 0 spiro atoms. The van der Waals surface area contributed by atoms with Crippen LogP contribution in [-0.2, 0) is 0 Å². The quantitative estimate of drug-likeness (QED) is 0.248. The summed E-state index contributed by atoms with van der Waals surface area (Å²) < 4.78 is 0. The molecule has 0 saturated heterocycles. The lowest BCUT2D eigenvalue weighted by atomic mass is 10.1. The highest BCUT2D eigenvalue weighted by Crippen LogP contribution is 2.09. The highest BCUT2D eigenvalue weighted by atomic mass is 14.0. The van der Waals surface area contributed by atoms with E-state index in [1.165, 1.54) is 77.0 Å². The van der Waals surface area contributed by atoms with Gasteiger partial charge >= 0.3 is 0 Å². The third-order valence-electron chi connectivity index (χ3n) is 3.37. The van der Waals surface area contributed by atoms with Crippen LogP contribution in [0.5, 0.6) is 0 Å². The summed E-state index contributed by atoms with van der Waals surface area (Å²) >= 11 is 0. The molecule has 0 rings (SSSR count). The molecule has 0 saturated carbocycles. The molecule has 0 amide bonds. The van der Waals surface area contributed by atoms with E-state index in [9.17, 15) is 0 Å². The van der Waals surface area contributed by atoms with Crippen molar-refractivity contribution in [2.45, 2.75) is 90.9 Å². The molecule has 0 aliphatic carbocycles. The molecule has 106 valence electrons. The fraction of sp³-hybridized carbons (Fsp3) is 0.778. The molecule has 0 bridgehead atoms. The average Bonchev–Trinajstić information content (AvgIpc) is 2.39. The largest absolute Gasteiger partial charge is 0.0917 e. The maximum atomic E-state index is 2.39. The molecule has 0 aliphatic heterocycles. The molecule has 0 aromatic carbocycles. The second-order valence-electron chi connectivity index (χ2n) is 5.23. The molecule has 0 aliphatic rings. The molecule has 0 nitrogen and oxygen atoms in total. The van der Waals surface area contributed by atoms with Crippen LogP contribution >= 0.6 is 0 Å². The van der Waals surface area contributed by atoms with Gasteiger partial charge in [-0.3, -0.25) is 0 Å². The van der Waals surface area contributed by atoms with Crippen LogP contribution in [0.15, 0.2) is 24.3 Å². The Morgan fingerprint density at radius 2 is 1.00 bits per heavy atom. The first-order chi connectivity index (χ1) is 8.91. The van der Waals surface area contributed by atoms with Crippen molar-refractivity contribution < 1.29 is 0 Å². The molecule has 0 fully saturated rings. The Morgan fingerprint density at radius 1 is 0.556 bits per heavy atom. The van der Waals surface area contributed by atoms with Crippen molar-refractivity contribution >= 4 is 0 Å². The molecule has 0 N–H and O–H groups in total. The van der Waals surface area contributed by atoms with Gasteiger partial charge in [0.05, 0.1) is 0 Å². The van der Waals surface area contributed by atoms with Gasteiger partial charge in [-0.05, 0) is 45.4 Å². The second-order valence-corrected chi connectivity index (χ2v) is 5.23. The van der Waals surface area contributed by atoms with Gasteiger partial charge in [0.1, 0.15) is 0 Å². The van der Waals surface area contributed by atoms with Crippen molar-refractivity contribution in [2.24, 2.45) is 0 Å². The van der Waals surface area contributed by atoms with Gasteiger partial charge in [0.25, 0.3) is 0 Å². The topological polar surface area (TPSA) is 0 Å². The Kier molecular flexibility index (Phi) is 16.0. The van der Waals surface area contributed by atoms with E-state index < -0.39 is 0 Å². The highest BCUT2D eigenvalue weighted by molar-refractivity contribution is 4.82. The van der Waals surface area contributed by atoms with Crippen LogP contribution in [0, 0.1) is 0 Å². The first kappa shape index (κ1) is 17.5. The van der Waals surface area contributed by atoms with Crippen LogP contribution < -0.4 is 0 Å². The van der Waals surface area contributed by atoms with Crippen molar-refractivity contribution in [3.63, 3.8) is 0 Å². The van der Waals surface area contributed by atoms with E-state index in [0.717, 1.165) is 0 Å². The third kappa shape index (κ3) is 15.5. The van der Waals surface area contributed by atoms with E-state index >= 15 is 0 Å². The Labute approximate surface area is 116 Å². The van der Waals surface area contributed by atoms with Crippen molar-refractivity contribution in [3.8, 4) is 0 Å². The molecular weight excluding hydrogens is 216 g/mol. The molecule has 0 radical (unpaired) electrons. The average molecular weight is 250 g/mol. The van der Waals surface area contributed by atoms with Crippen molar-refractivity contribution in [1.82, 2.24) is 0 Å². The standard InChI is InChI=1S/C18H34/c1-3-5-7-9-11-13-15-17-18-16-14-12-10-8-6-4-2/h3,5,15,17H,4,6-14,16,18H2,1-2H3. The number of unbranched alkanes of at least 4 members (excludes halogenated alkanes) is 10. The number of allylic oxidation sites excluding steroid dienone is 4. The van der Waals surface area contributed by atoms with Crippen molar-refractivity contribution in [3.05, 3.63) is 24.3 Å². The smallest absolute Gasteiger partial charge is 0.0351 e. The van der Waals surface area contributed by atoms with Crippen LogP contribution in [-0.4, -0.2) is 0 Å². The monoisotopic (exact) mass is 250 g/mol. The van der Waals surface area contributed by atoms with Gasteiger partial charge in [-0.1, -0.05) is 69.8 Å². The summed E-state index contributed by atoms with van der Waals surface area (Å²) in [6.07, 6.45) is 25.6. The fourth-order valence-electron chi connectivity index (χ4n) is 2.15. The van der Waals surface area contributed by atoms with Crippen molar-refractivity contribution in [2.75, 3.05) is 0 Å². The number of hydrogen-bond acceptors (Lipinski definition) is 0. The third-order valence-corrected chi connectivity index (χ3v) is 3.37. The molecule has 18 heavy (non-hydrogen) atoms. The van der Waals surface area contributed by atoms with Gasteiger partial charge in [0.2, 0.25) is 0 Å². The zero-order valence-corrected chi connectivity index (χ0v) is 12.8. The van der Waals surface area contributed by atoms with Crippen LogP contribution in [0.2, 0.25) is 0 Å². The summed E-state index contributed by atoms with van der Waals surface area (Å²) in [5, 5.41) is 0. The maximum Gasteiger partial charge on any atom is -0.0351 e. The van der Waals surface area contributed by atoms with E-state index in [-0.39, 0.29) is 0 Å². The first-order valence-electron chi connectivity index (χ1n) is 8.18. The summed E-state index contributed by atoms with van der Waals surface area (Å²) in [6, 6.07) is 0. The molecule has 0 heterocycles. The minimum absolute atomic E-state index is 1.25. The van der Waals surface area contributed by atoms with E-state index in [2.05, 4.69) is 38.2 Å². The lowest BCUT2D eigenvalue weighted by molar-refractivity contribution is 0.592. The van der Waals surface area contributed by atoms with Gasteiger partial charge < -0.3 is 0 Å². The van der Waals surface area contributed by atoms with Crippen LogP contribution in [0.3, 0.4) is 0 Å². The number of rotatable bonds is 13. The zero-order valence-electron chi connectivity index (χ0n) is 12.8. The number of hydrogen-bond donors (Lipinski definition) is 0. The zero-order chi connectivity index (χ0) is 13.3. The van der Waals surface area contributed by atoms with Crippen molar-refractivity contribution in [1.29, 1.82) is 0 Å². The van der Waals surface area contributed by atoms with E-state index in [1.807, 2.05) is 0 Å². The Balaban J connectivity index is 3.04. The SMILES string of the molecule is CC=CCCCCC=CCCCCCCCCC. The molecule has 0 atom stereocenters. The normalized spacial score (nSPS) is 11.9. The van der Waals surface area contributed by atoms with Gasteiger partial charge in [0.15, 0.2) is 0 Å². The molecule has 0 unspecified atom stereocenters. The summed E-state index contributed by atoms with van der Waals surface area (Å²) in [4.78, 5) is 0. The van der Waals surface area contributed by atoms with E-state index in [0.29, 0.717) is 0 Å². The predicted molar refractivity (Wildman–Crippen MR) is 85.0 cm³/mol. The summed E-state index contributed by atoms with van der Waals surface area (Å²) in [7, 11) is 0. The Hall–Kier alpha value is -0.520. The Morgan fingerprint density at radius 3 is 1.56 bits per heavy atom. The summed E-state index contributed by atoms with van der Waals surface area (Å²) in [5.41, 5.74) is 0. The van der Waals surface area contributed by atoms with Crippen LogP contribution in [0.25, 0.3) is 0 Å². The van der Waals surface area contributed by atoms with E-state index in [1.54, 1.807) is 0 Å². The minimum atomic E-state index is 1.25. The van der Waals surface area contributed by atoms with E-state index in [4.69, 9.17) is 0 Å².